The smallest absolute Gasteiger partial charge is 0.251 e. The molecule has 1 aliphatic carbocycles. The molecule has 18 heavy (non-hydrogen) atoms. The van der Waals surface area contributed by atoms with Gasteiger partial charge >= 0.3 is 0 Å². The Balaban J connectivity index is 2.16. The van der Waals surface area contributed by atoms with Gasteiger partial charge in [-0.15, -0.1) is 0 Å². The third-order valence-electron chi connectivity index (χ3n) is 3.55. The van der Waals surface area contributed by atoms with Crippen LogP contribution in [-0.2, 0) is 0 Å². The SMILES string of the molecule is Cc1cc(Cl)cc(C(=O)NC2(CO)CCCC2)c1. The van der Waals surface area contributed by atoms with E-state index in [9.17, 15) is 9.90 Å². The van der Waals surface area contributed by atoms with Crippen LogP contribution in [0.15, 0.2) is 18.2 Å². The van der Waals surface area contributed by atoms with Crippen LogP contribution in [0, 0.1) is 6.92 Å². The van der Waals surface area contributed by atoms with Crippen LogP contribution >= 0.6 is 11.6 Å². The van der Waals surface area contributed by atoms with Crippen molar-refractivity contribution < 1.29 is 9.90 Å². The molecule has 1 aromatic carbocycles. The molecule has 1 saturated carbocycles. The minimum absolute atomic E-state index is 0.00170. The number of hydrogen-bond acceptors (Lipinski definition) is 2. The molecule has 0 aromatic heterocycles. The van der Waals surface area contributed by atoms with Gasteiger partial charge < -0.3 is 10.4 Å². The zero-order valence-electron chi connectivity index (χ0n) is 10.5. The molecule has 2 N–H and O–H groups in total. The summed E-state index contributed by atoms with van der Waals surface area (Å²) in [5.74, 6) is -0.156. The molecule has 0 spiro atoms. The summed E-state index contributed by atoms with van der Waals surface area (Å²) in [4.78, 5) is 12.2. The van der Waals surface area contributed by atoms with Crippen LogP contribution in [0.4, 0.5) is 0 Å². The number of carbonyl (C=O) groups excluding carboxylic acids is 1. The maximum atomic E-state index is 12.2. The van der Waals surface area contributed by atoms with E-state index >= 15 is 0 Å². The van der Waals surface area contributed by atoms with E-state index in [1.54, 1.807) is 12.1 Å². The average molecular weight is 268 g/mol. The van der Waals surface area contributed by atoms with Crippen LogP contribution in [0.1, 0.15) is 41.6 Å². The molecule has 0 aliphatic heterocycles. The normalized spacial score (nSPS) is 17.7. The van der Waals surface area contributed by atoms with Gasteiger partial charge in [-0.25, -0.2) is 0 Å². The first-order valence-corrected chi connectivity index (χ1v) is 6.63. The number of benzene rings is 1. The lowest BCUT2D eigenvalue weighted by atomic mass is 9.98. The van der Waals surface area contributed by atoms with Gasteiger partial charge in [0.25, 0.3) is 5.91 Å². The van der Waals surface area contributed by atoms with Crippen LogP contribution in [-0.4, -0.2) is 23.2 Å². The van der Waals surface area contributed by atoms with Crippen LogP contribution < -0.4 is 5.32 Å². The monoisotopic (exact) mass is 267 g/mol. The number of rotatable bonds is 3. The molecule has 1 amide bonds. The van der Waals surface area contributed by atoms with Gasteiger partial charge in [0.05, 0.1) is 12.1 Å². The Morgan fingerprint density at radius 2 is 2.06 bits per heavy atom. The molecule has 4 heteroatoms. The summed E-state index contributed by atoms with van der Waals surface area (Å²) in [5.41, 5.74) is 1.07. The van der Waals surface area contributed by atoms with E-state index in [4.69, 9.17) is 11.6 Å². The molecule has 1 aromatic rings. The van der Waals surface area contributed by atoms with Gasteiger partial charge in [0.1, 0.15) is 0 Å². The van der Waals surface area contributed by atoms with Crippen molar-refractivity contribution in [2.75, 3.05) is 6.61 Å². The van der Waals surface area contributed by atoms with E-state index in [1.807, 2.05) is 13.0 Å². The van der Waals surface area contributed by atoms with E-state index in [2.05, 4.69) is 5.32 Å². The van der Waals surface area contributed by atoms with Crippen molar-refractivity contribution in [2.45, 2.75) is 38.1 Å². The maximum absolute atomic E-state index is 12.2. The Morgan fingerprint density at radius 1 is 1.39 bits per heavy atom. The second kappa shape index (κ2) is 5.29. The highest BCUT2D eigenvalue weighted by Crippen LogP contribution is 2.29. The van der Waals surface area contributed by atoms with Gasteiger partial charge in [-0.1, -0.05) is 24.4 Å². The third-order valence-corrected chi connectivity index (χ3v) is 3.76. The van der Waals surface area contributed by atoms with Gasteiger partial charge in [0, 0.05) is 10.6 Å². The second-order valence-electron chi connectivity index (χ2n) is 5.12. The number of aliphatic hydroxyl groups excluding tert-OH is 1. The summed E-state index contributed by atoms with van der Waals surface area (Å²) < 4.78 is 0. The zero-order valence-corrected chi connectivity index (χ0v) is 11.3. The molecule has 0 bridgehead atoms. The van der Waals surface area contributed by atoms with Crippen molar-refractivity contribution in [3.05, 3.63) is 34.3 Å². The first-order chi connectivity index (χ1) is 8.54. The summed E-state index contributed by atoms with van der Waals surface area (Å²) in [7, 11) is 0. The quantitative estimate of drug-likeness (QED) is 0.885. The Kier molecular flexibility index (Phi) is 3.93. The van der Waals surface area contributed by atoms with E-state index in [0.29, 0.717) is 10.6 Å². The van der Waals surface area contributed by atoms with E-state index < -0.39 is 5.54 Å². The molecule has 1 aliphatic rings. The molecule has 3 nitrogen and oxygen atoms in total. The lowest BCUT2D eigenvalue weighted by Crippen LogP contribution is -2.49. The predicted octanol–water partition coefficient (Wildman–Crippen LogP) is 2.68. The summed E-state index contributed by atoms with van der Waals surface area (Å²) >= 11 is 5.95. The van der Waals surface area contributed by atoms with E-state index in [0.717, 1.165) is 31.2 Å². The number of amides is 1. The lowest BCUT2D eigenvalue weighted by Gasteiger charge is -2.28. The van der Waals surface area contributed by atoms with Crippen molar-refractivity contribution in [1.29, 1.82) is 0 Å². The van der Waals surface area contributed by atoms with Crippen LogP contribution in [0.25, 0.3) is 0 Å². The second-order valence-corrected chi connectivity index (χ2v) is 5.55. The third kappa shape index (κ3) is 2.85. The summed E-state index contributed by atoms with van der Waals surface area (Å²) in [6.45, 7) is 1.90. The maximum Gasteiger partial charge on any atom is 0.251 e. The van der Waals surface area contributed by atoms with Crippen molar-refractivity contribution >= 4 is 17.5 Å². The molecular weight excluding hydrogens is 250 g/mol. The first kappa shape index (κ1) is 13.4. The van der Waals surface area contributed by atoms with Gasteiger partial charge in [0.15, 0.2) is 0 Å². The lowest BCUT2D eigenvalue weighted by molar-refractivity contribution is 0.0838. The highest BCUT2D eigenvalue weighted by Gasteiger charge is 2.34. The zero-order chi connectivity index (χ0) is 13.2. The van der Waals surface area contributed by atoms with Crippen molar-refractivity contribution in [2.24, 2.45) is 0 Å². The topological polar surface area (TPSA) is 49.3 Å². The molecule has 0 saturated heterocycles. The Hall–Kier alpha value is -1.06. The van der Waals surface area contributed by atoms with Gasteiger partial charge in [-0.2, -0.15) is 0 Å². The molecule has 2 rings (SSSR count). The fraction of sp³-hybridized carbons (Fsp3) is 0.500. The highest BCUT2D eigenvalue weighted by atomic mass is 35.5. The summed E-state index contributed by atoms with van der Waals surface area (Å²) in [5, 5.41) is 13.0. The Labute approximate surface area is 112 Å². The number of hydrogen-bond donors (Lipinski definition) is 2. The van der Waals surface area contributed by atoms with Crippen molar-refractivity contribution in [1.82, 2.24) is 5.32 Å². The number of nitrogens with one attached hydrogen (secondary N) is 1. The van der Waals surface area contributed by atoms with Gasteiger partial charge in [0.2, 0.25) is 0 Å². The predicted molar refractivity (Wildman–Crippen MR) is 71.9 cm³/mol. The molecule has 0 atom stereocenters. The molecule has 98 valence electrons. The van der Waals surface area contributed by atoms with Crippen LogP contribution in [0.3, 0.4) is 0 Å². The minimum atomic E-state index is -0.437. The summed E-state index contributed by atoms with van der Waals surface area (Å²) in [6.07, 6.45) is 3.79. The molecule has 0 unspecified atom stereocenters. The molecule has 0 radical (unpaired) electrons. The molecular formula is C14H18ClNO2. The van der Waals surface area contributed by atoms with E-state index in [1.165, 1.54) is 0 Å². The fourth-order valence-electron chi connectivity index (χ4n) is 2.55. The first-order valence-electron chi connectivity index (χ1n) is 6.25. The molecule has 0 heterocycles. The largest absolute Gasteiger partial charge is 0.394 e. The average Bonchev–Trinajstić information content (AvgIpc) is 2.77. The van der Waals surface area contributed by atoms with Crippen LogP contribution in [0.5, 0.6) is 0 Å². The van der Waals surface area contributed by atoms with Crippen LogP contribution in [0.2, 0.25) is 5.02 Å². The highest BCUT2D eigenvalue weighted by molar-refractivity contribution is 6.31. The van der Waals surface area contributed by atoms with Gasteiger partial charge in [-0.05, 0) is 43.5 Å². The minimum Gasteiger partial charge on any atom is -0.394 e. The summed E-state index contributed by atoms with van der Waals surface area (Å²) in [6, 6.07) is 5.28. The van der Waals surface area contributed by atoms with Crippen molar-refractivity contribution in [3.63, 3.8) is 0 Å². The number of aliphatic hydroxyl groups is 1. The Morgan fingerprint density at radius 3 is 2.61 bits per heavy atom. The number of halogens is 1. The standard InChI is InChI=1S/C14H18ClNO2/c1-10-6-11(8-12(15)7-10)13(18)16-14(9-17)4-2-3-5-14/h6-8,17H,2-5,9H2,1H3,(H,16,18). The van der Waals surface area contributed by atoms with E-state index in [-0.39, 0.29) is 12.5 Å². The number of aryl methyl sites for hydroxylation is 1. The number of carbonyl (C=O) groups is 1. The van der Waals surface area contributed by atoms with Gasteiger partial charge in [-0.3, -0.25) is 4.79 Å². The molecule has 1 fully saturated rings. The Bertz CT molecular complexity index is 433. The fourth-order valence-corrected chi connectivity index (χ4v) is 2.84. The van der Waals surface area contributed by atoms with Crippen molar-refractivity contribution in [3.8, 4) is 0 Å².